The number of piperidine rings is 1. The molecule has 1 aromatic heterocycles. The Kier molecular flexibility index (Phi) is 7.10. The number of aryl methyl sites for hydroxylation is 1. The predicted molar refractivity (Wildman–Crippen MR) is 111 cm³/mol. The van der Waals surface area contributed by atoms with Gasteiger partial charge in [-0.2, -0.15) is 5.10 Å². The van der Waals surface area contributed by atoms with Crippen molar-refractivity contribution in [3.63, 3.8) is 0 Å². The molecule has 2 heterocycles. The molecule has 1 amide bonds. The van der Waals surface area contributed by atoms with Gasteiger partial charge in [0.15, 0.2) is 5.69 Å². The van der Waals surface area contributed by atoms with Gasteiger partial charge in [-0.3, -0.25) is 19.7 Å². The third kappa shape index (κ3) is 4.63. The molecule has 0 bridgehead atoms. The van der Waals surface area contributed by atoms with Gasteiger partial charge in [-0.15, -0.1) is 12.4 Å². The number of benzene rings is 1. The van der Waals surface area contributed by atoms with E-state index in [-0.39, 0.29) is 35.5 Å². The number of hydrogen-bond donors (Lipinski definition) is 1. The number of carbonyl (C=O) groups is 1. The zero-order valence-electron chi connectivity index (χ0n) is 16.3. The van der Waals surface area contributed by atoms with Crippen LogP contribution in [-0.2, 0) is 0 Å². The molecule has 0 saturated carbocycles. The van der Waals surface area contributed by atoms with E-state index >= 15 is 0 Å². The number of amides is 1. The number of rotatable bonds is 4. The minimum absolute atomic E-state index is 0. The van der Waals surface area contributed by atoms with Crippen LogP contribution in [0.4, 0.5) is 5.69 Å². The number of nitro groups is 1. The summed E-state index contributed by atoms with van der Waals surface area (Å²) >= 11 is 0. The van der Waals surface area contributed by atoms with Crippen molar-refractivity contribution in [3.05, 3.63) is 62.1 Å². The van der Waals surface area contributed by atoms with E-state index in [1.807, 2.05) is 6.92 Å². The van der Waals surface area contributed by atoms with Crippen LogP contribution in [0, 0.1) is 23.0 Å². The van der Waals surface area contributed by atoms with Gasteiger partial charge in [0.05, 0.1) is 4.92 Å². The molecule has 1 fully saturated rings. The highest BCUT2D eigenvalue weighted by atomic mass is 35.5. The fraction of sp³-hybridized carbons (Fsp3) is 0.421. The van der Waals surface area contributed by atoms with Crippen molar-refractivity contribution < 1.29 is 9.72 Å². The second kappa shape index (κ2) is 9.15. The minimum Gasteiger partial charge on any atom is -0.337 e. The highest BCUT2D eigenvalue weighted by Gasteiger charge is 2.28. The lowest BCUT2D eigenvalue weighted by Gasteiger charge is -2.33. The van der Waals surface area contributed by atoms with Crippen LogP contribution in [0.5, 0.6) is 0 Å². The van der Waals surface area contributed by atoms with Crippen LogP contribution in [0.3, 0.4) is 0 Å². The Hall–Kier alpha value is -2.78. The van der Waals surface area contributed by atoms with Crippen molar-refractivity contribution in [1.82, 2.24) is 14.7 Å². The Balaban J connectivity index is 0.00000300. The molecule has 1 aliphatic heterocycles. The third-order valence-electron chi connectivity index (χ3n) is 5.19. The first-order chi connectivity index (χ1) is 13.3. The molecule has 29 heavy (non-hydrogen) atoms. The van der Waals surface area contributed by atoms with Gasteiger partial charge in [-0.05, 0) is 38.7 Å². The first-order valence-electron chi connectivity index (χ1n) is 9.19. The maximum atomic E-state index is 12.9. The molecule has 0 radical (unpaired) electrons. The van der Waals surface area contributed by atoms with Crippen LogP contribution in [0.25, 0.3) is 5.69 Å². The van der Waals surface area contributed by atoms with Gasteiger partial charge in [0.1, 0.15) is 5.69 Å². The molecule has 1 saturated heterocycles. The fourth-order valence-corrected chi connectivity index (χ4v) is 3.52. The molecule has 10 heteroatoms. The lowest BCUT2D eigenvalue weighted by Crippen LogP contribution is -2.44. The highest BCUT2D eigenvalue weighted by molar-refractivity contribution is 5.92. The first kappa shape index (κ1) is 22.5. The lowest BCUT2D eigenvalue weighted by atomic mass is 9.91. The number of nitrogens with two attached hydrogens (primary N) is 1. The Labute approximate surface area is 174 Å². The van der Waals surface area contributed by atoms with Crippen molar-refractivity contribution in [2.45, 2.75) is 32.7 Å². The van der Waals surface area contributed by atoms with E-state index in [1.54, 1.807) is 24.0 Å². The summed E-state index contributed by atoms with van der Waals surface area (Å²) in [5, 5.41) is 15.5. The maximum Gasteiger partial charge on any atom is 0.294 e. The topological polar surface area (TPSA) is 124 Å². The first-order valence-corrected chi connectivity index (χ1v) is 9.19. The summed E-state index contributed by atoms with van der Waals surface area (Å²) in [6, 6.07) is 7.42. The Morgan fingerprint density at radius 3 is 2.52 bits per heavy atom. The molecule has 2 N–H and O–H groups in total. The van der Waals surface area contributed by atoms with E-state index in [1.165, 1.54) is 22.9 Å². The standard InChI is InChI=1S/C19H23N5O4.ClH/c1-12-11-17(25)18(19(26)22-9-7-14(8-10-22)13(2)20)21-23(12)15-5-3-4-6-16(15)24(27)28;/h3-6,11,13-14H,7-10,20H2,1-2H3;1H. The summed E-state index contributed by atoms with van der Waals surface area (Å²) in [6.07, 6.45) is 1.54. The third-order valence-corrected chi connectivity index (χ3v) is 5.19. The molecule has 2 aromatic rings. The molecule has 0 aliphatic carbocycles. The summed E-state index contributed by atoms with van der Waals surface area (Å²) in [5.41, 5.74) is 5.67. The van der Waals surface area contributed by atoms with E-state index in [4.69, 9.17) is 5.73 Å². The number of nitro benzene ring substituents is 1. The van der Waals surface area contributed by atoms with E-state index in [9.17, 15) is 19.7 Å². The number of para-hydroxylation sites is 2. The van der Waals surface area contributed by atoms with Gasteiger partial charge >= 0.3 is 0 Å². The molecule has 1 unspecified atom stereocenters. The average Bonchev–Trinajstić information content (AvgIpc) is 2.67. The Morgan fingerprint density at radius 1 is 1.31 bits per heavy atom. The van der Waals surface area contributed by atoms with Gasteiger partial charge < -0.3 is 10.6 Å². The zero-order chi connectivity index (χ0) is 20.4. The van der Waals surface area contributed by atoms with Gasteiger partial charge in [0, 0.05) is 37.0 Å². The summed E-state index contributed by atoms with van der Waals surface area (Å²) in [6.45, 7) is 4.58. The van der Waals surface area contributed by atoms with E-state index < -0.39 is 16.3 Å². The smallest absolute Gasteiger partial charge is 0.294 e. The normalized spacial score (nSPS) is 15.5. The second-order valence-electron chi connectivity index (χ2n) is 7.14. The lowest BCUT2D eigenvalue weighted by molar-refractivity contribution is -0.384. The second-order valence-corrected chi connectivity index (χ2v) is 7.14. The molecule has 0 spiro atoms. The summed E-state index contributed by atoms with van der Waals surface area (Å²) in [4.78, 5) is 37.7. The Morgan fingerprint density at radius 2 is 1.93 bits per heavy atom. The summed E-state index contributed by atoms with van der Waals surface area (Å²) < 4.78 is 1.28. The molecule has 3 rings (SSSR count). The molecule has 156 valence electrons. The van der Waals surface area contributed by atoms with Crippen LogP contribution in [0.15, 0.2) is 35.1 Å². The number of hydrogen-bond acceptors (Lipinski definition) is 6. The predicted octanol–water partition coefficient (Wildman–Crippen LogP) is 2.07. The van der Waals surface area contributed by atoms with Crippen LogP contribution >= 0.6 is 12.4 Å². The van der Waals surface area contributed by atoms with Gasteiger partial charge in [0.2, 0.25) is 5.43 Å². The monoisotopic (exact) mass is 421 g/mol. The molecule has 1 aliphatic rings. The number of aromatic nitrogens is 2. The number of halogens is 1. The van der Waals surface area contributed by atoms with Crippen LogP contribution in [0.2, 0.25) is 0 Å². The number of likely N-dealkylation sites (tertiary alicyclic amines) is 1. The van der Waals surface area contributed by atoms with Crippen molar-refractivity contribution in [2.24, 2.45) is 11.7 Å². The minimum atomic E-state index is -0.519. The van der Waals surface area contributed by atoms with Crippen molar-refractivity contribution >= 4 is 24.0 Å². The Bertz CT molecular complexity index is 967. The zero-order valence-corrected chi connectivity index (χ0v) is 17.1. The number of nitrogens with zero attached hydrogens (tertiary/aromatic N) is 4. The summed E-state index contributed by atoms with van der Waals surface area (Å²) in [7, 11) is 0. The van der Waals surface area contributed by atoms with Gasteiger partial charge in [0.25, 0.3) is 11.6 Å². The molecular formula is C19H24ClN5O4. The average molecular weight is 422 g/mol. The van der Waals surface area contributed by atoms with Crippen LogP contribution < -0.4 is 11.2 Å². The SMILES string of the molecule is Cc1cc(=O)c(C(=O)N2CCC(C(C)N)CC2)nn1-c1ccccc1[N+](=O)[O-].Cl. The maximum absolute atomic E-state index is 12.9. The highest BCUT2D eigenvalue weighted by Crippen LogP contribution is 2.23. The number of carbonyl (C=O) groups excluding carboxylic acids is 1. The van der Waals surface area contributed by atoms with Crippen LogP contribution in [0.1, 0.15) is 35.9 Å². The largest absolute Gasteiger partial charge is 0.337 e. The van der Waals surface area contributed by atoms with Crippen LogP contribution in [-0.4, -0.2) is 44.6 Å². The van der Waals surface area contributed by atoms with E-state index in [0.717, 1.165) is 12.8 Å². The van der Waals surface area contributed by atoms with E-state index in [2.05, 4.69) is 5.10 Å². The van der Waals surface area contributed by atoms with Crippen molar-refractivity contribution in [3.8, 4) is 5.69 Å². The molecular weight excluding hydrogens is 398 g/mol. The van der Waals surface area contributed by atoms with Crippen molar-refractivity contribution in [2.75, 3.05) is 13.1 Å². The fourth-order valence-electron chi connectivity index (χ4n) is 3.52. The van der Waals surface area contributed by atoms with Crippen molar-refractivity contribution in [1.29, 1.82) is 0 Å². The molecule has 9 nitrogen and oxygen atoms in total. The van der Waals surface area contributed by atoms with Gasteiger partial charge in [-0.25, -0.2) is 4.68 Å². The summed E-state index contributed by atoms with van der Waals surface area (Å²) in [5.74, 6) is -0.112. The van der Waals surface area contributed by atoms with Gasteiger partial charge in [-0.1, -0.05) is 12.1 Å². The molecule has 1 atom stereocenters. The molecule has 1 aromatic carbocycles. The van der Waals surface area contributed by atoms with E-state index in [0.29, 0.717) is 24.7 Å². The quantitative estimate of drug-likeness (QED) is 0.595.